The van der Waals surface area contributed by atoms with Gasteiger partial charge in [0.05, 0.1) is 5.54 Å². The van der Waals surface area contributed by atoms with E-state index in [2.05, 4.69) is 27.5 Å². The van der Waals surface area contributed by atoms with Crippen LogP contribution in [-0.2, 0) is 5.54 Å². The molecule has 0 bridgehead atoms. The highest BCUT2D eigenvalue weighted by Crippen LogP contribution is 2.33. The zero-order valence-electron chi connectivity index (χ0n) is 10.1. The Balaban J connectivity index is 2.12. The van der Waals surface area contributed by atoms with Crippen molar-refractivity contribution in [2.24, 2.45) is 0 Å². The van der Waals surface area contributed by atoms with Crippen LogP contribution in [0.3, 0.4) is 0 Å². The molecule has 2 aromatic rings. The molecule has 0 aromatic carbocycles. The lowest BCUT2D eigenvalue weighted by molar-refractivity contribution is 0.327. The molecule has 1 unspecified atom stereocenters. The van der Waals surface area contributed by atoms with E-state index in [4.69, 9.17) is 0 Å². The lowest BCUT2D eigenvalue weighted by atomic mass is 9.91. The summed E-state index contributed by atoms with van der Waals surface area (Å²) in [7, 11) is 0. The first-order chi connectivity index (χ1) is 8.36. The van der Waals surface area contributed by atoms with Crippen molar-refractivity contribution in [2.75, 3.05) is 6.54 Å². The summed E-state index contributed by atoms with van der Waals surface area (Å²) in [5.41, 5.74) is 0.800. The fourth-order valence-electron chi connectivity index (χ4n) is 2.79. The molecular formula is C12H17N5. The molecule has 0 saturated carbocycles. The van der Waals surface area contributed by atoms with Crippen LogP contribution in [0, 0.1) is 0 Å². The van der Waals surface area contributed by atoms with Crippen LogP contribution in [0.25, 0.3) is 5.65 Å². The van der Waals surface area contributed by atoms with Gasteiger partial charge in [0.1, 0.15) is 0 Å². The zero-order chi connectivity index (χ0) is 11.7. The third kappa shape index (κ3) is 1.61. The minimum Gasteiger partial charge on any atom is -0.305 e. The second-order valence-corrected chi connectivity index (χ2v) is 4.68. The summed E-state index contributed by atoms with van der Waals surface area (Å²) in [6.07, 6.45) is 6.33. The van der Waals surface area contributed by atoms with Crippen molar-refractivity contribution in [1.29, 1.82) is 0 Å². The minimum absolute atomic E-state index is 0.0253. The van der Waals surface area contributed by atoms with Crippen molar-refractivity contribution in [1.82, 2.24) is 25.1 Å². The van der Waals surface area contributed by atoms with E-state index in [1.165, 1.54) is 6.42 Å². The summed E-state index contributed by atoms with van der Waals surface area (Å²) in [6.45, 7) is 3.26. The molecule has 1 aliphatic heterocycles. The fraction of sp³-hybridized carbons (Fsp3) is 0.583. The Morgan fingerprint density at radius 2 is 2.41 bits per heavy atom. The average Bonchev–Trinajstić information content (AvgIpc) is 2.96. The van der Waals surface area contributed by atoms with E-state index in [1.54, 1.807) is 6.20 Å². The van der Waals surface area contributed by atoms with E-state index in [1.807, 2.05) is 16.6 Å². The largest absolute Gasteiger partial charge is 0.305 e. The van der Waals surface area contributed by atoms with Crippen molar-refractivity contribution in [2.45, 2.75) is 38.1 Å². The highest BCUT2D eigenvalue weighted by molar-refractivity contribution is 5.36. The molecule has 3 rings (SSSR count). The van der Waals surface area contributed by atoms with Crippen molar-refractivity contribution in [3.8, 4) is 0 Å². The molecule has 0 aliphatic carbocycles. The lowest BCUT2D eigenvalue weighted by Crippen LogP contribution is -2.38. The average molecular weight is 231 g/mol. The van der Waals surface area contributed by atoms with Gasteiger partial charge in [-0.3, -0.25) is 0 Å². The second-order valence-electron chi connectivity index (χ2n) is 4.68. The second kappa shape index (κ2) is 4.07. The first-order valence-corrected chi connectivity index (χ1v) is 6.28. The number of aromatic nitrogens is 4. The Hall–Kier alpha value is -1.49. The molecule has 3 heterocycles. The predicted octanol–water partition coefficient (Wildman–Crippen LogP) is 1.50. The first-order valence-electron chi connectivity index (χ1n) is 6.28. The van der Waals surface area contributed by atoms with Crippen molar-refractivity contribution in [3.63, 3.8) is 0 Å². The van der Waals surface area contributed by atoms with Gasteiger partial charge in [-0.1, -0.05) is 13.3 Å². The highest BCUT2D eigenvalue weighted by atomic mass is 15.4. The topological polar surface area (TPSA) is 55.1 Å². The maximum absolute atomic E-state index is 4.36. The molecule has 1 atom stereocenters. The van der Waals surface area contributed by atoms with E-state index in [0.717, 1.165) is 37.3 Å². The first kappa shape index (κ1) is 10.7. The monoisotopic (exact) mass is 231 g/mol. The molecule has 17 heavy (non-hydrogen) atoms. The molecular weight excluding hydrogens is 214 g/mol. The van der Waals surface area contributed by atoms with Crippen molar-refractivity contribution < 1.29 is 0 Å². The third-order valence-corrected chi connectivity index (χ3v) is 3.53. The van der Waals surface area contributed by atoms with Gasteiger partial charge >= 0.3 is 0 Å². The molecule has 0 radical (unpaired) electrons. The van der Waals surface area contributed by atoms with Gasteiger partial charge in [-0.05, 0) is 37.9 Å². The molecule has 90 valence electrons. The van der Waals surface area contributed by atoms with Crippen LogP contribution in [0.2, 0.25) is 0 Å². The smallest absolute Gasteiger partial charge is 0.177 e. The Morgan fingerprint density at radius 3 is 3.18 bits per heavy atom. The summed E-state index contributed by atoms with van der Waals surface area (Å²) < 4.78 is 1.87. The van der Waals surface area contributed by atoms with Crippen LogP contribution in [0.4, 0.5) is 0 Å². The van der Waals surface area contributed by atoms with E-state index in [9.17, 15) is 0 Å². The summed E-state index contributed by atoms with van der Waals surface area (Å²) in [4.78, 5) is 0. The van der Waals surface area contributed by atoms with Crippen LogP contribution in [0.5, 0.6) is 0 Å². The highest BCUT2D eigenvalue weighted by Gasteiger charge is 2.38. The quantitative estimate of drug-likeness (QED) is 0.869. The molecule has 1 aliphatic rings. The van der Waals surface area contributed by atoms with Crippen LogP contribution in [0.15, 0.2) is 18.3 Å². The SMILES string of the molecule is CCCC1(c2nnc3cccnn23)CCCN1. The molecule has 1 N–H and O–H groups in total. The summed E-state index contributed by atoms with van der Waals surface area (Å²) in [5, 5.41) is 16.5. The molecule has 0 amide bonds. The van der Waals surface area contributed by atoms with E-state index >= 15 is 0 Å². The van der Waals surface area contributed by atoms with Gasteiger partial charge in [-0.15, -0.1) is 10.2 Å². The maximum atomic E-state index is 4.36. The van der Waals surface area contributed by atoms with E-state index < -0.39 is 0 Å². The number of rotatable bonds is 3. The van der Waals surface area contributed by atoms with Crippen molar-refractivity contribution in [3.05, 3.63) is 24.2 Å². The summed E-state index contributed by atoms with van der Waals surface area (Å²) >= 11 is 0. The Labute approximate surface area is 100 Å². The maximum Gasteiger partial charge on any atom is 0.177 e. The minimum atomic E-state index is -0.0253. The van der Waals surface area contributed by atoms with Gasteiger partial charge in [0, 0.05) is 6.20 Å². The van der Waals surface area contributed by atoms with Crippen LogP contribution in [-0.4, -0.2) is 26.4 Å². The Kier molecular flexibility index (Phi) is 2.55. The zero-order valence-corrected chi connectivity index (χ0v) is 10.1. The van der Waals surface area contributed by atoms with Gasteiger partial charge in [0.2, 0.25) is 0 Å². The van der Waals surface area contributed by atoms with Gasteiger partial charge in [-0.2, -0.15) is 9.61 Å². The number of fused-ring (bicyclic) bond motifs is 1. The van der Waals surface area contributed by atoms with Crippen LogP contribution in [0.1, 0.15) is 38.4 Å². The molecule has 5 nitrogen and oxygen atoms in total. The van der Waals surface area contributed by atoms with E-state index in [0.29, 0.717) is 0 Å². The van der Waals surface area contributed by atoms with Gasteiger partial charge in [0.25, 0.3) is 0 Å². The normalized spacial score (nSPS) is 24.5. The lowest BCUT2D eigenvalue weighted by Gasteiger charge is -2.26. The number of hydrogen-bond donors (Lipinski definition) is 1. The van der Waals surface area contributed by atoms with E-state index in [-0.39, 0.29) is 5.54 Å². The molecule has 1 saturated heterocycles. The fourth-order valence-corrected chi connectivity index (χ4v) is 2.79. The van der Waals surface area contributed by atoms with Crippen LogP contribution >= 0.6 is 0 Å². The summed E-state index contributed by atoms with van der Waals surface area (Å²) in [5.74, 6) is 0.965. The third-order valence-electron chi connectivity index (χ3n) is 3.53. The van der Waals surface area contributed by atoms with Gasteiger partial charge < -0.3 is 5.32 Å². The number of nitrogens with one attached hydrogen (secondary N) is 1. The predicted molar refractivity (Wildman–Crippen MR) is 64.6 cm³/mol. The number of hydrogen-bond acceptors (Lipinski definition) is 4. The molecule has 1 fully saturated rings. The number of nitrogens with zero attached hydrogens (tertiary/aromatic N) is 4. The Bertz CT molecular complexity index is 512. The molecule has 2 aromatic heterocycles. The summed E-state index contributed by atoms with van der Waals surface area (Å²) in [6, 6.07) is 3.83. The van der Waals surface area contributed by atoms with Crippen LogP contribution < -0.4 is 5.32 Å². The van der Waals surface area contributed by atoms with Gasteiger partial charge in [-0.25, -0.2) is 0 Å². The van der Waals surface area contributed by atoms with Crippen molar-refractivity contribution >= 4 is 5.65 Å². The standard InChI is InChI=1S/C12H17N5/c1-2-6-12(7-4-8-13-12)11-16-15-10-5-3-9-14-17(10)11/h3,5,9,13H,2,4,6-8H2,1H3. The Morgan fingerprint density at radius 1 is 1.47 bits per heavy atom. The molecule has 5 heteroatoms. The van der Waals surface area contributed by atoms with Gasteiger partial charge in [0.15, 0.2) is 11.5 Å². The molecule has 0 spiro atoms.